The van der Waals surface area contributed by atoms with E-state index in [9.17, 15) is 9.32 Å². The predicted molar refractivity (Wildman–Crippen MR) is 63.5 cm³/mol. The average Bonchev–Trinajstić information content (AvgIpc) is 2.17. The van der Waals surface area contributed by atoms with Crippen molar-refractivity contribution in [2.75, 3.05) is 18.6 Å². The van der Waals surface area contributed by atoms with Gasteiger partial charge in [0, 0.05) is 41.0 Å². The summed E-state index contributed by atoms with van der Waals surface area (Å²) in [5.41, 5.74) is 0.874. The van der Waals surface area contributed by atoms with Crippen LogP contribution in [0.1, 0.15) is 18.5 Å². The Morgan fingerprint density at radius 3 is 2.73 bits per heavy atom. The minimum atomic E-state index is -0.769. The third-order valence-electron chi connectivity index (χ3n) is 2.24. The molecule has 1 aromatic rings. The van der Waals surface area contributed by atoms with E-state index in [1.807, 2.05) is 19.1 Å². The first kappa shape index (κ1) is 12.2. The molecule has 3 nitrogen and oxygen atoms in total. The molecule has 0 saturated carbocycles. The first-order valence-corrected chi connectivity index (χ1v) is 6.65. The summed E-state index contributed by atoms with van der Waals surface area (Å²) in [6.45, 7) is 2.67. The molecule has 0 aliphatic heterocycles. The Morgan fingerprint density at radius 2 is 2.13 bits per heavy atom. The summed E-state index contributed by atoms with van der Waals surface area (Å²) >= 11 is 0. The zero-order valence-corrected chi connectivity index (χ0v) is 9.88. The van der Waals surface area contributed by atoms with Gasteiger partial charge < -0.3 is 10.4 Å². The highest BCUT2D eigenvalue weighted by atomic mass is 32.2. The van der Waals surface area contributed by atoms with Crippen LogP contribution in [0.25, 0.3) is 0 Å². The molecule has 0 saturated heterocycles. The summed E-state index contributed by atoms with van der Waals surface area (Å²) in [6, 6.07) is 7.33. The zero-order valence-electron chi connectivity index (χ0n) is 9.06. The van der Waals surface area contributed by atoms with Gasteiger partial charge in [0.25, 0.3) is 0 Å². The van der Waals surface area contributed by atoms with Crippen molar-refractivity contribution >= 4 is 10.8 Å². The number of phenols is 1. The number of hydrogen-bond donors (Lipinski definition) is 2. The Kier molecular flexibility index (Phi) is 4.78. The molecule has 84 valence electrons. The lowest BCUT2D eigenvalue weighted by Crippen LogP contribution is -2.23. The second kappa shape index (κ2) is 5.88. The normalized spacial score (nSPS) is 14.8. The fourth-order valence-corrected chi connectivity index (χ4v) is 1.79. The molecule has 0 aliphatic rings. The third-order valence-corrected chi connectivity index (χ3v) is 3.02. The number of nitrogens with one attached hydrogen (secondary N) is 1. The molecule has 0 bridgehead atoms. The molecule has 0 amide bonds. The van der Waals surface area contributed by atoms with E-state index in [1.54, 1.807) is 18.4 Å². The Balaban J connectivity index is 2.50. The van der Waals surface area contributed by atoms with Crippen LogP contribution in [-0.2, 0) is 10.8 Å². The van der Waals surface area contributed by atoms with Gasteiger partial charge in [0.15, 0.2) is 0 Å². The first-order chi connectivity index (χ1) is 7.11. The van der Waals surface area contributed by atoms with Gasteiger partial charge in [-0.25, -0.2) is 0 Å². The standard InChI is InChI=1S/C11H17NO2S/c1-9(12-7-8-15(2)14)10-5-3-4-6-11(10)13/h3-6,9,12-13H,7-8H2,1-2H3. The van der Waals surface area contributed by atoms with E-state index in [4.69, 9.17) is 0 Å². The maximum Gasteiger partial charge on any atom is 0.120 e. The lowest BCUT2D eigenvalue weighted by atomic mass is 10.1. The largest absolute Gasteiger partial charge is 0.508 e. The molecule has 1 rings (SSSR count). The van der Waals surface area contributed by atoms with Gasteiger partial charge in [-0.05, 0) is 13.0 Å². The van der Waals surface area contributed by atoms with Gasteiger partial charge in [-0.1, -0.05) is 18.2 Å². The molecule has 0 aliphatic carbocycles. The minimum absolute atomic E-state index is 0.0785. The van der Waals surface area contributed by atoms with Crippen LogP contribution >= 0.6 is 0 Å². The highest BCUT2D eigenvalue weighted by molar-refractivity contribution is 7.84. The molecule has 2 atom stereocenters. The maximum absolute atomic E-state index is 10.9. The molecule has 0 radical (unpaired) electrons. The first-order valence-electron chi connectivity index (χ1n) is 4.92. The van der Waals surface area contributed by atoms with Crippen LogP contribution < -0.4 is 5.32 Å². The van der Waals surface area contributed by atoms with Gasteiger partial charge in [0.05, 0.1) is 0 Å². The Hall–Kier alpha value is -0.870. The van der Waals surface area contributed by atoms with Crippen LogP contribution in [0.4, 0.5) is 0 Å². The van der Waals surface area contributed by atoms with E-state index < -0.39 is 10.8 Å². The number of aromatic hydroxyl groups is 1. The Labute approximate surface area is 93.0 Å². The van der Waals surface area contributed by atoms with E-state index in [0.717, 1.165) is 5.56 Å². The SMILES string of the molecule is CC(NCCS(C)=O)c1ccccc1O. The second-order valence-corrected chi connectivity index (χ2v) is 5.07. The highest BCUT2D eigenvalue weighted by Gasteiger charge is 2.08. The quantitative estimate of drug-likeness (QED) is 0.800. The molecule has 4 heteroatoms. The van der Waals surface area contributed by atoms with Crippen LogP contribution in [0, 0.1) is 0 Å². The predicted octanol–water partition coefficient (Wildman–Crippen LogP) is 1.42. The minimum Gasteiger partial charge on any atom is -0.508 e. The summed E-state index contributed by atoms with van der Waals surface area (Å²) < 4.78 is 10.9. The van der Waals surface area contributed by atoms with E-state index >= 15 is 0 Å². The van der Waals surface area contributed by atoms with Gasteiger partial charge in [0.2, 0.25) is 0 Å². The van der Waals surface area contributed by atoms with Crippen LogP contribution in [-0.4, -0.2) is 27.9 Å². The molecule has 0 spiro atoms. The van der Waals surface area contributed by atoms with E-state index in [0.29, 0.717) is 18.0 Å². The topological polar surface area (TPSA) is 49.3 Å². The number of rotatable bonds is 5. The van der Waals surface area contributed by atoms with Gasteiger partial charge in [-0.2, -0.15) is 0 Å². The van der Waals surface area contributed by atoms with Gasteiger partial charge in [0.1, 0.15) is 5.75 Å². The average molecular weight is 227 g/mol. The molecule has 0 aromatic heterocycles. The Morgan fingerprint density at radius 1 is 1.47 bits per heavy atom. The van der Waals surface area contributed by atoms with Crippen molar-refractivity contribution in [3.8, 4) is 5.75 Å². The highest BCUT2D eigenvalue weighted by Crippen LogP contribution is 2.22. The van der Waals surface area contributed by atoms with Crippen LogP contribution in [0.2, 0.25) is 0 Å². The van der Waals surface area contributed by atoms with E-state index in [-0.39, 0.29) is 6.04 Å². The second-order valence-electron chi connectivity index (χ2n) is 3.51. The molecule has 15 heavy (non-hydrogen) atoms. The number of phenolic OH excluding ortho intramolecular Hbond substituents is 1. The van der Waals surface area contributed by atoms with Gasteiger partial charge in [-0.15, -0.1) is 0 Å². The lowest BCUT2D eigenvalue weighted by Gasteiger charge is -2.14. The Bertz CT molecular complexity index is 341. The van der Waals surface area contributed by atoms with Crippen molar-refractivity contribution in [1.82, 2.24) is 5.32 Å². The van der Waals surface area contributed by atoms with Crippen molar-refractivity contribution in [2.24, 2.45) is 0 Å². The van der Waals surface area contributed by atoms with Crippen LogP contribution in [0.15, 0.2) is 24.3 Å². The summed E-state index contributed by atoms with van der Waals surface area (Å²) in [4.78, 5) is 0. The fraction of sp³-hybridized carbons (Fsp3) is 0.455. The van der Waals surface area contributed by atoms with Crippen LogP contribution in [0.3, 0.4) is 0 Å². The molecule has 0 heterocycles. The fourth-order valence-electron chi connectivity index (χ4n) is 1.38. The molecular weight excluding hydrogens is 210 g/mol. The molecule has 0 fully saturated rings. The molecule has 2 unspecified atom stereocenters. The van der Waals surface area contributed by atoms with E-state index in [1.165, 1.54) is 0 Å². The molecular formula is C11H17NO2S. The third kappa shape index (κ3) is 4.01. The van der Waals surface area contributed by atoms with Crippen molar-refractivity contribution in [3.05, 3.63) is 29.8 Å². The summed E-state index contributed by atoms with van der Waals surface area (Å²) in [5.74, 6) is 0.938. The van der Waals surface area contributed by atoms with Gasteiger partial charge in [-0.3, -0.25) is 4.21 Å². The summed E-state index contributed by atoms with van der Waals surface area (Å²) in [7, 11) is -0.769. The van der Waals surface area contributed by atoms with Crippen molar-refractivity contribution in [3.63, 3.8) is 0 Å². The van der Waals surface area contributed by atoms with Crippen molar-refractivity contribution in [2.45, 2.75) is 13.0 Å². The number of para-hydroxylation sites is 1. The summed E-state index contributed by atoms with van der Waals surface area (Å²) in [5, 5.41) is 12.8. The van der Waals surface area contributed by atoms with Crippen molar-refractivity contribution < 1.29 is 9.32 Å². The smallest absolute Gasteiger partial charge is 0.120 e. The van der Waals surface area contributed by atoms with Crippen LogP contribution in [0.5, 0.6) is 5.75 Å². The number of benzene rings is 1. The molecule has 1 aromatic carbocycles. The zero-order chi connectivity index (χ0) is 11.3. The molecule has 2 N–H and O–H groups in total. The summed E-state index contributed by atoms with van der Waals surface area (Å²) in [6.07, 6.45) is 1.69. The van der Waals surface area contributed by atoms with Crippen molar-refractivity contribution in [1.29, 1.82) is 0 Å². The van der Waals surface area contributed by atoms with Gasteiger partial charge >= 0.3 is 0 Å². The van der Waals surface area contributed by atoms with E-state index in [2.05, 4.69) is 5.32 Å². The number of hydrogen-bond acceptors (Lipinski definition) is 3. The maximum atomic E-state index is 10.9. The monoisotopic (exact) mass is 227 g/mol. The lowest BCUT2D eigenvalue weighted by molar-refractivity contribution is 0.455.